The van der Waals surface area contributed by atoms with Crippen LogP contribution < -0.4 is 0 Å². The van der Waals surface area contributed by atoms with Crippen LogP contribution in [0.25, 0.3) is 0 Å². The smallest absolute Gasteiger partial charge is 0.256 e. The highest BCUT2D eigenvalue weighted by atomic mass is 35.5. The number of aryl methyl sites for hydroxylation is 2. The van der Waals surface area contributed by atoms with Gasteiger partial charge < -0.3 is 9.47 Å². The van der Waals surface area contributed by atoms with Crippen molar-refractivity contribution in [1.82, 2.24) is 14.1 Å². The van der Waals surface area contributed by atoms with Gasteiger partial charge in [0.05, 0.1) is 18.5 Å². The van der Waals surface area contributed by atoms with Gasteiger partial charge in [0.2, 0.25) is 10.0 Å². The highest BCUT2D eigenvalue weighted by molar-refractivity contribution is 7.89. The number of nitrogens with zero attached hydrogens (tertiary/aromatic N) is 4. The first-order chi connectivity index (χ1) is 13.1. The molecule has 1 saturated heterocycles. The summed E-state index contributed by atoms with van der Waals surface area (Å²) in [6.45, 7) is 9.39. The lowest BCUT2D eigenvalue weighted by molar-refractivity contribution is 0.0612. The number of halogens is 1. The lowest BCUT2D eigenvalue weighted by Gasteiger charge is -2.31. The lowest BCUT2D eigenvalue weighted by atomic mass is 10.1. The molecule has 0 N–H and O–H groups in total. The van der Waals surface area contributed by atoms with Crippen LogP contribution in [0.1, 0.15) is 31.2 Å². The summed E-state index contributed by atoms with van der Waals surface area (Å²) in [5.41, 5.74) is 1.14. The van der Waals surface area contributed by atoms with Crippen LogP contribution in [0.4, 0.5) is 0 Å². The number of hydrogen-bond donors (Lipinski definition) is 0. The summed E-state index contributed by atoms with van der Waals surface area (Å²) in [7, 11) is -0.370. The van der Waals surface area contributed by atoms with E-state index in [2.05, 4.69) is 16.8 Å². The molecule has 8 nitrogen and oxygen atoms in total. The Labute approximate surface area is 171 Å². The lowest BCUT2D eigenvalue weighted by Crippen LogP contribution is -2.41. The zero-order chi connectivity index (χ0) is 21.1. The third kappa shape index (κ3) is 4.76. The van der Waals surface area contributed by atoms with Gasteiger partial charge in [0, 0.05) is 25.2 Å². The molecule has 0 atom stereocenters. The van der Waals surface area contributed by atoms with E-state index in [1.165, 1.54) is 11.4 Å². The number of methoxy groups -OCH3 is 1. The highest BCUT2D eigenvalue weighted by Crippen LogP contribution is 2.27. The molecule has 0 saturated carbocycles. The average Bonchev–Trinajstić information content (AvgIpc) is 2.90. The molecule has 0 aromatic carbocycles. The van der Waals surface area contributed by atoms with Gasteiger partial charge in [0.1, 0.15) is 11.0 Å². The van der Waals surface area contributed by atoms with Gasteiger partial charge in [-0.2, -0.15) is 9.40 Å². The van der Waals surface area contributed by atoms with E-state index in [9.17, 15) is 8.42 Å². The molecule has 0 bridgehead atoms. The normalized spacial score (nSPS) is 18.0. The van der Waals surface area contributed by atoms with Gasteiger partial charge in [-0.1, -0.05) is 11.6 Å². The minimum absolute atomic E-state index is 0.197. The topological polar surface area (TPSA) is 86.0 Å². The van der Waals surface area contributed by atoms with Crippen LogP contribution in [0.15, 0.2) is 32.6 Å². The molecule has 1 aliphatic rings. The fourth-order valence-electron chi connectivity index (χ4n) is 3.17. The molecule has 1 aromatic heterocycles. The minimum Gasteiger partial charge on any atom is -0.491 e. The van der Waals surface area contributed by atoms with Crippen molar-refractivity contribution >= 4 is 28.3 Å². The number of aromatic nitrogens is 2. The average molecular weight is 431 g/mol. The Kier molecular flexibility index (Phi) is 7.30. The number of sulfonamides is 1. The number of rotatable bonds is 7. The molecular formula is C18H27ClN4O4S. The van der Waals surface area contributed by atoms with E-state index in [-0.39, 0.29) is 16.9 Å². The van der Waals surface area contributed by atoms with Crippen molar-refractivity contribution < 1.29 is 17.9 Å². The van der Waals surface area contributed by atoms with Crippen molar-refractivity contribution in [2.75, 3.05) is 20.2 Å². The van der Waals surface area contributed by atoms with Gasteiger partial charge in [0.25, 0.3) is 5.88 Å². The van der Waals surface area contributed by atoms with Crippen molar-refractivity contribution in [3.8, 4) is 0 Å². The van der Waals surface area contributed by atoms with E-state index in [1.807, 2.05) is 0 Å². The first-order valence-corrected chi connectivity index (χ1v) is 10.7. The van der Waals surface area contributed by atoms with Gasteiger partial charge in [-0.15, -0.1) is 0 Å². The van der Waals surface area contributed by atoms with Crippen molar-refractivity contribution in [3.63, 3.8) is 0 Å². The minimum atomic E-state index is -3.60. The standard InChI is InChI=1S/C18H27ClN4O4S/c1-12(19)11-16(26-6)18(20-4)27-15-7-9-23(10-8-15)28(24,25)17-13(2)21-22(5)14(17)3/h11,15H,4,7-10H2,1-3,5-6H3/b12-11+,18-16-. The Morgan fingerprint density at radius 2 is 1.96 bits per heavy atom. The molecule has 1 aromatic rings. The van der Waals surface area contributed by atoms with E-state index in [1.54, 1.807) is 38.6 Å². The van der Waals surface area contributed by atoms with E-state index in [4.69, 9.17) is 21.1 Å². The molecule has 0 aliphatic carbocycles. The number of allylic oxidation sites excluding steroid dienone is 2. The largest absolute Gasteiger partial charge is 0.491 e. The molecule has 1 fully saturated rings. The van der Waals surface area contributed by atoms with Crippen LogP contribution in [0.5, 0.6) is 0 Å². The number of ether oxygens (including phenoxy) is 2. The maximum Gasteiger partial charge on any atom is 0.256 e. The molecule has 28 heavy (non-hydrogen) atoms. The van der Waals surface area contributed by atoms with Crippen LogP contribution in [-0.2, 0) is 26.5 Å². The van der Waals surface area contributed by atoms with E-state index in [0.717, 1.165) is 0 Å². The third-order valence-electron chi connectivity index (χ3n) is 4.62. The fraction of sp³-hybridized carbons (Fsp3) is 0.556. The summed E-state index contributed by atoms with van der Waals surface area (Å²) >= 11 is 5.90. The van der Waals surface area contributed by atoms with Gasteiger partial charge in [-0.3, -0.25) is 4.68 Å². The molecule has 10 heteroatoms. The number of piperidine rings is 1. The molecule has 156 valence electrons. The molecule has 0 amide bonds. The molecule has 2 rings (SSSR count). The van der Waals surface area contributed by atoms with Crippen LogP contribution in [0, 0.1) is 13.8 Å². The molecule has 0 radical (unpaired) electrons. The quantitative estimate of drug-likeness (QED) is 0.377. The highest BCUT2D eigenvalue weighted by Gasteiger charge is 2.34. The Bertz CT molecular complexity index is 893. The fourth-order valence-corrected chi connectivity index (χ4v) is 5.14. The van der Waals surface area contributed by atoms with Crippen molar-refractivity contribution in [3.05, 3.63) is 34.1 Å². The molecule has 0 unspecified atom stereocenters. The summed E-state index contributed by atoms with van der Waals surface area (Å²) in [5.74, 6) is 0.613. The van der Waals surface area contributed by atoms with Crippen LogP contribution in [0.3, 0.4) is 0 Å². The molecule has 2 heterocycles. The SMILES string of the molecule is C=N/C(OC1CCN(S(=O)(=O)c2c(C)nn(C)c2C)CC1)=C(\C=C(/C)Cl)OC. The van der Waals surface area contributed by atoms with Gasteiger partial charge in [-0.05, 0) is 46.4 Å². The Morgan fingerprint density at radius 1 is 1.36 bits per heavy atom. The Morgan fingerprint density at radius 3 is 2.39 bits per heavy atom. The summed E-state index contributed by atoms with van der Waals surface area (Å²) in [6, 6.07) is 0. The summed E-state index contributed by atoms with van der Waals surface area (Å²) < 4.78 is 40.3. The second kappa shape index (κ2) is 9.11. The predicted octanol–water partition coefficient (Wildman–Crippen LogP) is 2.87. The predicted molar refractivity (Wildman–Crippen MR) is 109 cm³/mol. The van der Waals surface area contributed by atoms with E-state index in [0.29, 0.717) is 48.1 Å². The summed E-state index contributed by atoms with van der Waals surface area (Å²) in [6.07, 6.45) is 2.45. The zero-order valence-electron chi connectivity index (χ0n) is 16.9. The number of aliphatic imine (C=N–C) groups is 1. The van der Waals surface area contributed by atoms with Crippen LogP contribution in [0.2, 0.25) is 0 Å². The van der Waals surface area contributed by atoms with Gasteiger partial charge >= 0.3 is 0 Å². The maximum atomic E-state index is 13.1. The van der Waals surface area contributed by atoms with Crippen LogP contribution in [-0.4, -0.2) is 55.5 Å². The first-order valence-electron chi connectivity index (χ1n) is 8.87. The third-order valence-corrected chi connectivity index (χ3v) is 6.88. The molecule has 1 aliphatic heterocycles. The number of hydrogen-bond acceptors (Lipinski definition) is 6. The van der Waals surface area contributed by atoms with Crippen molar-refractivity contribution in [2.24, 2.45) is 12.0 Å². The maximum absolute atomic E-state index is 13.1. The molecular weight excluding hydrogens is 404 g/mol. The summed E-state index contributed by atoms with van der Waals surface area (Å²) in [4.78, 5) is 4.17. The van der Waals surface area contributed by atoms with E-state index >= 15 is 0 Å². The van der Waals surface area contributed by atoms with Crippen LogP contribution >= 0.6 is 11.6 Å². The Hall–Kier alpha value is -1.84. The monoisotopic (exact) mass is 430 g/mol. The van der Waals surface area contributed by atoms with Gasteiger partial charge in [-0.25, -0.2) is 13.4 Å². The van der Waals surface area contributed by atoms with Crippen molar-refractivity contribution in [2.45, 2.75) is 44.6 Å². The van der Waals surface area contributed by atoms with Gasteiger partial charge in [0.15, 0.2) is 5.76 Å². The molecule has 0 spiro atoms. The van der Waals surface area contributed by atoms with Crippen molar-refractivity contribution in [1.29, 1.82) is 0 Å². The first kappa shape index (κ1) is 22.4. The summed E-state index contributed by atoms with van der Waals surface area (Å²) in [5, 5.41) is 4.74. The van der Waals surface area contributed by atoms with E-state index < -0.39 is 10.0 Å². The second-order valence-corrected chi connectivity index (χ2v) is 9.08. The second-order valence-electron chi connectivity index (χ2n) is 6.61. The zero-order valence-corrected chi connectivity index (χ0v) is 18.5. The Balaban J connectivity index is 2.13.